The van der Waals surface area contributed by atoms with Crippen molar-refractivity contribution in [2.24, 2.45) is 0 Å². The first-order valence-electron chi connectivity index (χ1n) is 7.42. The zero-order valence-corrected chi connectivity index (χ0v) is 14.4. The molecule has 0 bridgehead atoms. The molecule has 0 spiro atoms. The number of hydrogen-bond donors (Lipinski definition) is 3. The Morgan fingerprint density at radius 2 is 2.00 bits per heavy atom. The van der Waals surface area contributed by atoms with Crippen LogP contribution in [0.4, 0.5) is 0 Å². The van der Waals surface area contributed by atoms with Gasteiger partial charge in [0.2, 0.25) is 0 Å². The first-order valence-corrected chi connectivity index (χ1v) is 8.30. The minimum atomic E-state index is -0.819. The molecule has 0 saturated carbocycles. The quantitative estimate of drug-likeness (QED) is 0.691. The predicted octanol–water partition coefficient (Wildman–Crippen LogP) is 1.53. The summed E-state index contributed by atoms with van der Waals surface area (Å²) in [4.78, 5) is 24.4. The monoisotopic (exact) mass is 348 g/mol. The van der Waals surface area contributed by atoms with Crippen LogP contribution in [0.3, 0.4) is 0 Å². The summed E-state index contributed by atoms with van der Waals surface area (Å²) in [6, 6.07) is 9.10. The van der Waals surface area contributed by atoms with Crippen molar-refractivity contribution in [1.82, 2.24) is 10.6 Å². The van der Waals surface area contributed by atoms with E-state index >= 15 is 0 Å². The standard InChI is InChI=1S/C17H20N2O4S/c1-11-6-7-24-15(11)14(20)10-19-17(22)16(21)18-9-12-4-3-5-13(8-12)23-2/h3-8,14,20H,9-10H2,1-2H3,(H,18,21)(H,19,22)/t14-/m1/s1. The van der Waals surface area contributed by atoms with Gasteiger partial charge in [0.05, 0.1) is 7.11 Å². The lowest BCUT2D eigenvalue weighted by molar-refractivity contribution is -0.139. The lowest BCUT2D eigenvalue weighted by atomic mass is 10.2. The first kappa shape index (κ1) is 18.0. The second-order valence-corrected chi connectivity index (χ2v) is 6.18. The van der Waals surface area contributed by atoms with E-state index < -0.39 is 17.9 Å². The van der Waals surface area contributed by atoms with E-state index in [0.717, 1.165) is 16.0 Å². The van der Waals surface area contributed by atoms with Crippen LogP contribution in [0.15, 0.2) is 35.7 Å². The Hall–Kier alpha value is -2.38. The van der Waals surface area contributed by atoms with Crippen LogP contribution in [0.1, 0.15) is 22.1 Å². The van der Waals surface area contributed by atoms with Gasteiger partial charge in [-0.05, 0) is 41.6 Å². The fourth-order valence-electron chi connectivity index (χ4n) is 2.13. The van der Waals surface area contributed by atoms with Gasteiger partial charge in [0, 0.05) is 18.0 Å². The summed E-state index contributed by atoms with van der Waals surface area (Å²) >= 11 is 1.41. The van der Waals surface area contributed by atoms with Crippen LogP contribution in [-0.2, 0) is 16.1 Å². The van der Waals surface area contributed by atoms with E-state index in [4.69, 9.17) is 4.74 Å². The van der Waals surface area contributed by atoms with Crippen molar-refractivity contribution in [3.8, 4) is 5.75 Å². The molecule has 0 saturated heterocycles. The van der Waals surface area contributed by atoms with Crippen molar-refractivity contribution in [1.29, 1.82) is 0 Å². The highest BCUT2D eigenvalue weighted by atomic mass is 32.1. The molecule has 0 aliphatic carbocycles. The number of methoxy groups -OCH3 is 1. The van der Waals surface area contributed by atoms with E-state index in [2.05, 4.69) is 10.6 Å². The number of aryl methyl sites for hydroxylation is 1. The van der Waals surface area contributed by atoms with E-state index in [9.17, 15) is 14.7 Å². The molecule has 6 nitrogen and oxygen atoms in total. The number of carbonyl (C=O) groups excluding carboxylic acids is 2. The SMILES string of the molecule is COc1cccc(CNC(=O)C(=O)NC[C@@H](O)c2sccc2C)c1. The van der Waals surface area contributed by atoms with E-state index in [1.807, 2.05) is 24.4 Å². The summed E-state index contributed by atoms with van der Waals surface area (Å²) in [5.41, 5.74) is 1.79. The van der Waals surface area contributed by atoms with Crippen LogP contribution >= 0.6 is 11.3 Å². The number of ether oxygens (including phenoxy) is 1. The Kier molecular flexibility index (Phi) is 6.34. The van der Waals surface area contributed by atoms with Crippen LogP contribution in [-0.4, -0.2) is 30.6 Å². The second kappa shape index (κ2) is 8.47. The molecule has 1 heterocycles. The number of rotatable bonds is 6. The summed E-state index contributed by atoms with van der Waals surface area (Å²) in [6.07, 6.45) is -0.819. The Bertz CT molecular complexity index is 714. The molecule has 1 aromatic carbocycles. The number of nitrogens with one attached hydrogen (secondary N) is 2. The van der Waals surface area contributed by atoms with Crippen LogP contribution in [0.2, 0.25) is 0 Å². The maximum absolute atomic E-state index is 11.8. The van der Waals surface area contributed by atoms with Crippen molar-refractivity contribution in [3.63, 3.8) is 0 Å². The predicted molar refractivity (Wildman–Crippen MR) is 91.9 cm³/mol. The Labute approximate surface area is 144 Å². The first-order chi connectivity index (χ1) is 11.5. The third-order valence-corrected chi connectivity index (χ3v) is 4.57. The molecule has 2 rings (SSSR count). The largest absolute Gasteiger partial charge is 0.497 e. The average Bonchev–Trinajstić information content (AvgIpc) is 3.03. The zero-order chi connectivity index (χ0) is 17.5. The Morgan fingerprint density at radius 1 is 1.25 bits per heavy atom. The van der Waals surface area contributed by atoms with Crippen molar-refractivity contribution in [2.75, 3.05) is 13.7 Å². The molecular weight excluding hydrogens is 328 g/mol. The van der Waals surface area contributed by atoms with Gasteiger partial charge >= 0.3 is 11.8 Å². The minimum absolute atomic E-state index is 0.00718. The number of aliphatic hydroxyl groups excluding tert-OH is 1. The van der Waals surface area contributed by atoms with Gasteiger partial charge in [-0.15, -0.1) is 11.3 Å². The Morgan fingerprint density at radius 3 is 2.67 bits per heavy atom. The summed E-state index contributed by atoms with van der Waals surface area (Å²) in [7, 11) is 1.56. The summed E-state index contributed by atoms with van der Waals surface area (Å²) in [5, 5.41) is 16.9. The maximum Gasteiger partial charge on any atom is 0.309 e. The van der Waals surface area contributed by atoms with Gasteiger partial charge in [0.1, 0.15) is 11.9 Å². The number of benzene rings is 1. The zero-order valence-electron chi connectivity index (χ0n) is 13.5. The summed E-state index contributed by atoms with van der Waals surface area (Å²) < 4.78 is 5.10. The van der Waals surface area contributed by atoms with Gasteiger partial charge in [-0.3, -0.25) is 9.59 Å². The van der Waals surface area contributed by atoms with E-state index in [0.29, 0.717) is 5.75 Å². The lowest BCUT2D eigenvalue weighted by Crippen LogP contribution is -2.41. The molecule has 0 unspecified atom stereocenters. The van der Waals surface area contributed by atoms with Crippen molar-refractivity contribution in [2.45, 2.75) is 19.6 Å². The number of hydrogen-bond acceptors (Lipinski definition) is 5. The summed E-state index contributed by atoms with van der Waals surface area (Å²) in [6.45, 7) is 2.10. The van der Waals surface area contributed by atoms with Gasteiger partial charge in [-0.1, -0.05) is 12.1 Å². The highest BCUT2D eigenvalue weighted by molar-refractivity contribution is 7.10. The Balaban J connectivity index is 1.79. The van der Waals surface area contributed by atoms with Crippen molar-refractivity contribution < 1.29 is 19.4 Å². The van der Waals surface area contributed by atoms with Gasteiger partial charge in [0.25, 0.3) is 0 Å². The fourth-order valence-corrected chi connectivity index (χ4v) is 3.05. The van der Waals surface area contributed by atoms with Gasteiger partial charge in [-0.25, -0.2) is 0 Å². The molecule has 0 aliphatic rings. The minimum Gasteiger partial charge on any atom is -0.497 e. The highest BCUT2D eigenvalue weighted by Crippen LogP contribution is 2.23. The molecule has 7 heteroatoms. The molecule has 0 radical (unpaired) electrons. The van der Waals surface area contributed by atoms with E-state index in [-0.39, 0.29) is 13.1 Å². The highest BCUT2D eigenvalue weighted by Gasteiger charge is 2.17. The van der Waals surface area contributed by atoms with E-state index in [1.165, 1.54) is 11.3 Å². The molecule has 2 aromatic rings. The number of thiophene rings is 1. The van der Waals surface area contributed by atoms with Gasteiger partial charge < -0.3 is 20.5 Å². The van der Waals surface area contributed by atoms with Crippen LogP contribution in [0.25, 0.3) is 0 Å². The lowest BCUT2D eigenvalue weighted by Gasteiger charge is -2.11. The number of carbonyl (C=O) groups is 2. The maximum atomic E-state index is 11.8. The van der Waals surface area contributed by atoms with Crippen LogP contribution in [0, 0.1) is 6.92 Å². The third-order valence-electron chi connectivity index (χ3n) is 3.45. The van der Waals surface area contributed by atoms with Crippen molar-refractivity contribution >= 4 is 23.2 Å². The van der Waals surface area contributed by atoms with Gasteiger partial charge in [-0.2, -0.15) is 0 Å². The van der Waals surface area contributed by atoms with E-state index in [1.54, 1.807) is 25.3 Å². The normalized spacial score (nSPS) is 11.6. The smallest absolute Gasteiger partial charge is 0.309 e. The molecular formula is C17H20N2O4S. The molecule has 24 heavy (non-hydrogen) atoms. The molecule has 3 N–H and O–H groups in total. The number of aliphatic hydroxyl groups is 1. The summed E-state index contributed by atoms with van der Waals surface area (Å²) in [5.74, 6) is -0.834. The fraction of sp³-hybridized carbons (Fsp3) is 0.294. The van der Waals surface area contributed by atoms with Crippen LogP contribution in [0.5, 0.6) is 5.75 Å². The van der Waals surface area contributed by atoms with Gasteiger partial charge in [0.15, 0.2) is 0 Å². The second-order valence-electron chi connectivity index (χ2n) is 5.23. The molecule has 0 fully saturated rings. The molecule has 1 atom stereocenters. The average molecular weight is 348 g/mol. The molecule has 1 aromatic heterocycles. The third kappa shape index (κ3) is 4.81. The topological polar surface area (TPSA) is 87.7 Å². The molecule has 128 valence electrons. The van der Waals surface area contributed by atoms with Crippen LogP contribution < -0.4 is 15.4 Å². The van der Waals surface area contributed by atoms with Crippen molar-refractivity contribution in [3.05, 3.63) is 51.7 Å². The molecule has 0 aliphatic heterocycles. The molecule has 2 amide bonds. The number of amides is 2.